The van der Waals surface area contributed by atoms with Gasteiger partial charge in [-0.05, 0) is 167 Å². The summed E-state index contributed by atoms with van der Waals surface area (Å²) < 4.78 is 83.9. The summed E-state index contributed by atoms with van der Waals surface area (Å²) in [4.78, 5) is 197. The summed E-state index contributed by atoms with van der Waals surface area (Å²) in [6.07, 6.45) is 6.77. The Morgan fingerprint density at radius 1 is 0.318 bits per heavy atom. The van der Waals surface area contributed by atoms with Crippen LogP contribution in [0.15, 0.2) is 0 Å². The van der Waals surface area contributed by atoms with Gasteiger partial charge in [-0.1, -0.05) is 26.7 Å². The standard InChI is InChI=1S/C36H56N2O16Si2.C25H28O12.C9H26N2O4Si2/c1-5-8-21-22(30(40)50-29(21)39)9-10-23-24(32(42)51-31(23)41)11-12-25-26(34(44)52-33(25)43)13-14-27-28(36(46)53-35(27)45)15-18-38-17-7-19-55(47-2)54-56(48-3,49-4)20-6-16-37;1-2-3-12-14(22(30)35-20(12)28)6-7-16-17(25(33)37-24(16)32)9-8-15-13(21(29)36-23(15)31)5-4-11-10-18(26)34-19(11)27;1-12-16(8-4-6-10)15-17(13-2,14-3)9-5-7-11/h21-28,38,55H,5-20,37H2,1-4H3;11-17H,2-10H2,1H3;16H,4-11H2,1-3H3. The third-order valence-corrected chi connectivity index (χ3v) is 34.0. The van der Waals surface area contributed by atoms with Crippen LogP contribution < -0.4 is 22.5 Å². The quantitative estimate of drug-likeness (QED) is 0.0223. The van der Waals surface area contributed by atoms with Gasteiger partial charge in [0.05, 0.1) is 95.2 Å². The molecule has 0 aromatic carbocycles. The Morgan fingerprint density at radius 3 is 0.791 bits per heavy atom. The molecule has 110 heavy (non-hydrogen) atoms. The van der Waals surface area contributed by atoms with Crippen molar-refractivity contribution >= 4 is 132 Å². The Morgan fingerprint density at radius 2 is 0.564 bits per heavy atom. The van der Waals surface area contributed by atoms with Gasteiger partial charge in [-0.3, -0.25) is 76.7 Å². The lowest BCUT2D eigenvalue weighted by Crippen LogP contribution is -2.49. The number of nitrogens with one attached hydrogen (secondary N) is 1. The number of hydrogen-bond donors (Lipinski definition) is 4. The molecule has 8 rings (SSSR count). The van der Waals surface area contributed by atoms with Gasteiger partial charge in [0.1, 0.15) is 0 Å². The first-order chi connectivity index (χ1) is 52.6. The molecule has 8 aliphatic rings. The Bertz CT molecular complexity index is 3250. The van der Waals surface area contributed by atoms with Gasteiger partial charge < -0.3 is 95.2 Å². The van der Waals surface area contributed by atoms with Crippen molar-refractivity contribution in [2.75, 3.05) is 75.4 Å². The molecule has 17 unspecified atom stereocenters. The average Bonchev–Trinajstić information content (AvgIpc) is 1.68. The lowest BCUT2D eigenvalue weighted by atomic mass is 9.78. The van der Waals surface area contributed by atoms with Crippen LogP contribution in [0.25, 0.3) is 0 Å². The van der Waals surface area contributed by atoms with Crippen LogP contribution in [0.5, 0.6) is 0 Å². The molecule has 0 radical (unpaired) electrons. The van der Waals surface area contributed by atoms with Gasteiger partial charge in [0.15, 0.2) is 0 Å². The molecule has 8 aliphatic heterocycles. The average molecular weight is 1630 g/mol. The number of ether oxygens (including phenoxy) is 8. The molecule has 0 aromatic heterocycles. The van der Waals surface area contributed by atoms with Crippen LogP contribution in [-0.2, 0) is 149 Å². The van der Waals surface area contributed by atoms with Gasteiger partial charge in [-0.2, -0.15) is 0 Å². The van der Waals surface area contributed by atoms with Crippen LogP contribution in [0, 0.1) is 88.8 Å². The Labute approximate surface area is 644 Å². The van der Waals surface area contributed by atoms with Crippen molar-refractivity contribution in [1.82, 2.24) is 5.32 Å². The molecule has 0 aliphatic carbocycles. The summed E-state index contributed by atoms with van der Waals surface area (Å²) in [6.45, 7) is 6.50. The van der Waals surface area contributed by atoms with Gasteiger partial charge in [0.25, 0.3) is 0 Å². The van der Waals surface area contributed by atoms with Crippen molar-refractivity contribution in [1.29, 1.82) is 0 Å². The van der Waals surface area contributed by atoms with Crippen molar-refractivity contribution in [3.63, 3.8) is 0 Å². The number of carbonyl (C=O) groups excluding carboxylic acids is 16. The zero-order valence-electron chi connectivity index (χ0n) is 64.0. The fourth-order valence-corrected chi connectivity index (χ4v) is 26.9. The molecule has 0 saturated carbocycles. The largest absolute Gasteiger partial charge is 0.491 e. The van der Waals surface area contributed by atoms with E-state index in [1.807, 2.05) is 13.8 Å². The highest BCUT2D eigenvalue weighted by atomic mass is 28.4. The molecular weight excluding hydrogens is 1520 g/mol. The van der Waals surface area contributed by atoms with E-state index in [1.165, 1.54) is 0 Å². The third-order valence-electron chi connectivity index (χ3n) is 21.8. The lowest BCUT2D eigenvalue weighted by molar-refractivity contribution is -0.156. The second-order valence-corrected chi connectivity index (χ2v) is 39.6. The second-order valence-electron chi connectivity index (χ2n) is 28.6. The van der Waals surface area contributed by atoms with Crippen molar-refractivity contribution in [3.05, 3.63) is 0 Å². The van der Waals surface area contributed by atoms with Crippen molar-refractivity contribution < 1.29 is 149 Å². The molecule has 17 atom stereocenters. The van der Waals surface area contributed by atoms with E-state index in [1.54, 1.807) is 42.7 Å². The monoisotopic (exact) mass is 1630 g/mol. The van der Waals surface area contributed by atoms with Crippen LogP contribution in [0.4, 0.5) is 0 Å². The predicted molar refractivity (Wildman–Crippen MR) is 383 cm³/mol. The highest BCUT2D eigenvalue weighted by Gasteiger charge is 2.54. The fourth-order valence-electron chi connectivity index (χ4n) is 15.5. The maximum absolute atomic E-state index is 12.8. The van der Waals surface area contributed by atoms with E-state index in [0.717, 1.165) is 31.4 Å². The summed E-state index contributed by atoms with van der Waals surface area (Å²) in [5, 5.41) is 3.29. The van der Waals surface area contributed by atoms with Gasteiger partial charge in [-0.15, -0.1) is 0 Å². The first kappa shape index (κ1) is 92.4. The minimum atomic E-state index is -2.88. The van der Waals surface area contributed by atoms with Crippen molar-refractivity contribution in [3.8, 4) is 0 Å². The number of esters is 16. The van der Waals surface area contributed by atoms with Gasteiger partial charge in [0, 0.05) is 54.7 Å². The molecule has 36 nitrogen and oxygen atoms in total. The van der Waals surface area contributed by atoms with Crippen LogP contribution in [-0.4, -0.2) is 207 Å². The lowest BCUT2D eigenvalue weighted by Gasteiger charge is -2.30. The number of rotatable bonds is 48. The molecular formula is C70H110N4O32Si4. The van der Waals surface area contributed by atoms with E-state index in [-0.39, 0.29) is 83.5 Å². The normalized spacial score (nSPS) is 28.0. The predicted octanol–water partition coefficient (Wildman–Crippen LogP) is 2.19. The number of carbonyl (C=O) groups is 16. The highest BCUT2D eigenvalue weighted by Crippen LogP contribution is 2.44. The van der Waals surface area contributed by atoms with Gasteiger partial charge in [-0.25, -0.2) is 0 Å². The van der Waals surface area contributed by atoms with Crippen LogP contribution in [0.3, 0.4) is 0 Å². The molecule has 8 fully saturated rings. The summed E-state index contributed by atoms with van der Waals surface area (Å²) in [7, 11) is 0.320. The maximum Gasteiger partial charge on any atom is 0.491 e. The van der Waals surface area contributed by atoms with E-state index in [9.17, 15) is 76.7 Å². The fraction of sp³-hybridized carbons (Fsp3) is 0.771. The molecule has 8 saturated heterocycles. The highest BCUT2D eigenvalue weighted by molar-refractivity contribution is 6.69. The van der Waals surface area contributed by atoms with E-state index in [2.05, 4.69) is 10.1 Å². The van der Waals surface area contributed by atoms with E-state index in [4.69, 9.17) is 85.1 Å². The summed E-state index contributed by atoms with van der Waals surface area (Å²) in [5.41, 5.74) is 16.6. The topological polar surface area (TPSA) is 511 Å². The zero-order valence-corrected chi connectivity index (χ0v) is 68.3. The molecule has 0 spiro atoms. The first-order valence-corrected chi connectivity index (χ1v) is 45.4. The molecule has 8 heterocycles. The minimum absolute atomic E-state index is 0.0221. The smallest absolute Gasteiger partial charge is 0.400 e. The Hall–Kier alpha value is -6.49. The summed E-state index contributed by atoms with van der Waals surface area (Å²) >= 11 is 0. The molecule has 0 bridgehead atoms. The van der Waals surface area contributed by atoms with Crippen molar-refractivity contribution in [2.24, 2.45) is 106 Å². The zero-order chi connectivity index (χ0) is 81.0. The number of cyclic esters (lactones) is 16. The Kier molecular flexibility index (Phi) is 38.1. The van der Waals surface area contributed by atoms with Crippen molar-refractivity contribution in [2.45, 2.75) is 179 Å². The van der Waals surface area contributed by atoms with Gasteiger partial charge >= 0.3 is 132 Å². The molecule has 40 heteroatoms. The summed E-state index contributed by atoms with van der Waals surface area (Å²) in [5.74, 6) is -23.1. The van der Waals surface area contributed by atoms with Crippen LogP contribution in [0.1, 0.15) is 155 Å². The van der Waals surface area contributed by atoms with Crippen LogP contribution >= 0.6 is 0 Å². The van der Waals surface area contributed by atoms with Crippen LogP contribution in [0.2, 0.25) is 24.2 Å². The van der Waals surface area contributed by atoms with E-state index < -0.39 is 220 Å². The molecule has 7 N–H and O–H groups in total. The van der Waals surface area contributed by atoms with E-state index >= 15 is 0 Å². The van der Waals surface area contributed by atoms with Gasteiger partial charge in [0.2, 0.25) is 0 Å². The molecule has 0 aromatic rings. The molecule has 0 amide bonds. The first-order valence-electron chi connectivity index (χ1n) is 38.1. The number of nitrogens with two attached hydrogens (primary N) is 3. The third kappa shape index (κ3) is 25.0. The number of hydrogen-bond acceptors (Lipinski definition) is 36. The second kappa shape index (κ2) is 45.4. The Balaban J connectivity index is 0.000000298. The summed E-state index contributed by atoms with van der Waals surface area (Å²) in [6, 6.07) is 2.86. The minimum Gasteiger partial charge on any atom is -0.400 e. The SMILES string of the molecule is CCCC1C(=O)OC(=O)C1CCC1C(=O)OC(=O)C1CCC1C(=O)OC(=O)C1CCC1C(=O)OC(=O)C1CCNCCC[SiH](OC)O[Si](CCCN)(OC)OC.CCCC1C(=O)OC(=O)C1CCC1C(=O)OC(=O)C1CCC1C(=O)OC(=O)C1CCC1CC(=O)OC1=O.CO[SiH](CCCN)O[Si](CCCN)(OC)OC. The van der Waals surface area contributed by atoms with E-state index in [0.29, 0.717) is 83.3 Å². The molecule has 618 valence electrons. The maximum atomic E-state index is 12.8.